The fourth-order valence-electron chi connectivity index (χ4n) is 3.37. The molecule has 1 aromatic carbocycles. The first-order chi connectivity index (χ1) is 14.5. The van der Waals surface area contributed by atoms with Gasteiger partial charge in [0.1, 0.15) is 11.7 Å². The van der Waals surface area contributed by atoms with Crippen LogP contribution >= 0.6 is 0 Å². The van der Waals surface area contributed by atoms with E-state index in [1.165, 1.54) is 6.07 Å². The number of aliphatic imine (C=N–C) groups is 1. The Morgan fingerprint density at radius 2 is 1.87 bits per heavy atom. The molecule has 1 atom stereocenters. The highest BCUT2D eigenvalue weighted by Crippen LogP contribution is 2.21. The lowest BCUT2D eigenvalue weighted by Crippen LogP contribution is -2.44. The molecule has 2 aromatic rings. The van der Waals surface area contributed by atoms with E-state index in [1.54, 1.807) is 12.2 Å². The van der Waals surface area contributed by atoms with Crippen LogP contribution in [0.5, 0.6) is 0 Å². The summed E-state index contributed by atoms with van der Waals surface area (Å²) < 4.78 is 26.6. The fraction of sp³-hybridized carbons (Fsp3) is 0.381. The van der Waals surface area contributed by atoms with Crippen molar-refractivity contribution in [2.75, 3.05) is 38.1 Å². The Morgan fingerprint density at radius 1 is 1.07 bits per heavy atom. The maximum absolute atomic E-state index is 13.5. The molecule has 0 aliphatic carbocycles. The van der Waals surface area contributed by atoms with Crippen molar-refractivity contribution in [1.82, 2.24) is 25.7 Å². The average molecular weight is 413 g/mol. The molecule has 0 bridgehead atoms. The van der Waals surface area contributed by atoms with Crippen LogP contribution in [0.2, 0.25) is 0 Å². The second-order valence-corrected chi connectivity index (χ2v) is 7.67. The predicted octanol–water partition coefficient (Wildman–Crippen LogP) is 2.59. The first-order valence-corrected chi connectivity index (χ1v) is 10.0. The molecular formula is C21H25F2N7. The van der Waals surface area contributed by atoms with Crippen molar-refractivity contribution >= 4 is 29.6 Å². The van der Waals surface area contributed by atoms with Gasteiger partial charge in [-0.05, 0) is 37.7 Å². The third-order valence-electron chi connectivity index (χ3n) is 5.12. The minimum absolute atomic E-state index is 0.301. The van der Waals surface area contributed by atoms with Crippen LogP contribution in [0.3, 0.4) is 0 Å². The Bertz CT molecular complexity index is 968. The lowest BCUT2D eigenvalue weighted by molar-refractivity contribution is 0.312. The molecule has 1 aromatic heterocycles. The summed E-state index contributed by atoms with van der Waals surface area (Å²) in [6.45, 7) is 5.72. The zero-order valence-corrected chi connectivity index (χ0v) is 17.1. The molecule has 0 amide bonds. The minimum Gasteiger partial charge on any atom is -0.354 e. The molecule has 2 saturated heterocycles. The van der Waals surface area contributed by atoms with Crippen molar-refractivity contribution < 1.29 is 8.78 Å². The second kappa shape index (κ2) is 8.85. The van der Waals surface area contributed by atoms with E-state index in [0.717, 1.165) is 56.4 Å². The van der Waals surface area contributed by atoms with Crippen LogP contribution in [-0.2, 0) is 0 Å². The number of amidine groups is 1. The summed E-state index contributed by atoms with van der Waals surface area (Å²) in [7, 11) is 2.10. The van der Waals surface area contributed by atoms with Gasteiger partial charge in [-0.15, -0.1) is 0 Å². The molecule has 7 nitrogen and oxygen atoms in total. The van der Waals surface area contributed by atoms with Crippen molar-refractivity contribution in [3.63, 3.8) is 0 Å². The number of anilines is 1. The quantitative estimate of drug-likeness (QED) is 0.803. The van der Waals surface area contributed by atoms with E-state index in [1.807, 2.05) is 6.07 Å². The third-order valence-corrected chi connectivity index (χ3v) is 5.12. The smallest absolute Gasteiger partial charge is 0.160 e. The summed E-state index contributed by atoms with van der Waals surface area (Å²) in [5.41, 5.74) is 6.73. The Balaban J connectivity index is 1.64. The summed E-state index contributed by atoms with van der Waals surface area (Å²) in [5, 5.41) is 0. The molecule has 2 aliphatic rings. The normalized spacial score (nSPS) is 21.5. The lowest BCUT2D eigenvalue weighted by atomic mass is 10.2. The van der Waals surface area contributed by atoms with Gasteiger partial charge >= 0.3 is 0 Å². The van der Waals surface area contributed by atoms with Crippen LogP contribution in [0.25, 0.3) is 12.2 Å². The van der Waals surface area contributed by atoms with Gasteiger partial charge in [0.25, 0.3) is 0 Å². The molecule has 0 spiro atoms. The summed E-state index contributed by atoms with van der Waals surface area (Å²) >= 11 is 0. The number of likely N-dealkylation sites (N-methyl/N-ethyl adjacent to an activating group) is 1. The van der Waals surface area contributed by atoms with Crippen LogP contribution in [0.4, 0.5) is 20.4 Å². The van der Waals surface area contributed by atoms with Gasteiger partial charge in [0, 0.05) is 44.7 Å². The van der Waals surface area contributed by atoms with Gasteiger partial charge in [-0.3, -0.25) is 0 Å². The van der Waals surface area contributed by atoms with E-state index in [-0.39, 0.29) is 0 Å². The van der Waals surface area contributed by atoms with Gasteiger partial charge in [0.15, 0.2) is 23.3 Å². The van der Waals surface area contributed by atoms with E-state index in [0.29, 0.717) is 23.2 Å². The number of piperazine rings is 1. The van der Waals surface area contributed by atoms with Gasteiger partial charge in [-0.1, -0.05) is 12.1 Å². The van der Waals surface area contributed by atoms with Gasteiger partial charge in [-0.2, -0.15) is 0 Å². The van der Waals surface area contributed by atoms with E-state index < -0.39 is 11.6 Å². The number of nitrogens with zero attached hydrogens (tertiary/aromatic N) is 5. The van der Waals surface area contributed by atoms with Crippen molar-refractivity contribution in [1.29, 1.82) is 0 Å². The van der Waals surface area contributed by atoms with E-state index in [2.05, 4.69) is 49.6 Å². The molecule has 2 N–H and O–H groups in total. The number of benzene rings is 1. The highest BCUT2D eigenvalue weighted by molar-refractivity contribution is 5.86. The summed E-state index contributed by atoms with van der Waals surface area (Å²) in [5.74, 6) is 0.898. The first-order valence-electron chi connectivity index (χ1n) is 10.0. The number of rotatable bonds is 4. The molecule has 4 rings (SSSR count). The molecule has 3 heterocycles. The minimum atomic E-state index is -0.884. The van der Waals surface area contributed by atoms with Crippen LogP contribution in [0.1, 0.15) is 24.7 Å². The molecule has 2 aliphatic heterocycles. The Labute approximate surface area is 174 Å². The second-order valence-electron chi connectivity index (χ2n) is 7.67. The number of hydrogen-bond acceptors (Lipinski definition) is 6. The summed E-state index contributed by atoms with van der Waals surface area (Å²) in [4.78, 5) is 18.3. The molecule has 30 heavy (non-hydrogen) atoms. The highest BCUT2D eigenvalue weighted by Gasteiger charge is 2.18. The van der Waals surface area contributed by atoms with Crippen LogP contribution in [0.15, 0.2) is 29.3 Å². The van der Waals surface area contributed by atoms with Gasteiger partial charge in [0.05, 0.1) is 0 Å². The Hall–Kier alpha value is -2.91. The Kier molecular flexibility index (Phi) is 6.01. The molecule has 0 saturated carbocycles. The SMILES string of the molecule is CC1C/C(=N\c2cc(N3CCN(C)CC3)nc(/C=C/c3ccc(F)c(F)c3)n2)NN1. The van der Waals surface area contributed by atoms with Crippen molar-refractivity contribution in [3.8, 4) is 0 Å². The summed E-state index contributed by atoms with van der Waals surface area (Å²) in [6, 6.07) is 5.95. The molecule has 1 unspecified atom stereocenters. The fourth-order valence-corrected chi connectivity index (χ4v) is 3.37. The predicted molar refractivity (Wildman–Crippen MR) is 114 cm³/mol. The van der Waals surface area contributed by atoms with Crippen LogP contribution < -0.4 is 15.8 Å². The number of hydrogen-bond donors (Lipinski definition) is 2. The van der Waals surface area contributed by atoms with E-state index >= 15 is 0 Å². The van der Waals surface area contributed by atoms with Gasteiger partial charge in [-0.25, -0.2) is 29.2 Å². The van der Waals surface area contributed by atoms with Crippen LogP contribution in [0, 0.1) is 11.6 Å². The monoisotopic (exact) mass is 413 g/mol. The maximum atomic E-state index is 13.5. The van der Waals surface area contributed by atoms with Gasteiger partial charge in [0.2, 0.25) is 0 Å². The number of hydrazine groups is 1. The zero-order valence-electron chi connectivity index (χ0n) is 17.1. The highest BCUT2D eigenvalue weighted by atomic mass is 19.2. The Morgan fingerprint density at radius 3 is 2.57 bits per heavy atom. The number of nitrogens with one attached hydrogen (secondary N) is 2. The molecule has 2 fully saturated rings. The lowest BCUT2D eigenvalue weighted by Gasteiger charge is -2.33. The molecular weight excluding hydrogens is 388 g/mol. The van der Waals surface area contributed by atoms with Crippen molar-refractivity contribution in [3.05, 3.63) is 47.3 Å². The van der Waals surface area contributed by atoms with Crippen LogP contribution in [-0.4, -0.2) is 60.0 Å². The zero-order chi connectivity index (χ0) is 21.1. The first kappa shape index (κ1) is 20.4. The maximum Gasteiger partial charge on any atom is 0.160 e. The number of halogens is 2. The molecule has 158 valence electrons. The van der Waals surface area contributed by atoms with Gasteiger partial charge < -0.3 is 15.2 Å². The van der Waals surface area contributed by atoms with Crippen molar-refractivity contribution in [2.45, 2.75) is 19.4 Å². The average Bonchev–Trinajstić information content (AvgIpc) is 3.14. The third kappa shape index (κ3) is 4.98. The molecule has 9 heteroatoms. The topological polar surface area (TPSA) is 68.7 Å². The van der Waals surface area contributed by atoms with Crippen molar-refractivity contribution in [2.24, 2.45) is 4.99 Å². The standard InChI is InChI=1S/C21H25F2N7/c1-14-11-20(28-27-14)25-19-13-21(30-9-7-29(2)8-10-30)26-18(24-19)6-4-15-3-5-16(22)17(23)12-15/h3-6,12-14,27H,7-11H2,1-2H3,(H,24,25,26,28)/b6-4+. The summed E-state index contributed by atoms with van der Waals surface area (Å²) in [6.07, 6.45) is 4.15. The largest absolute Gasteiger partial charge is 0.354 e. The van der Waals surface area contributed by atoms with E-state index in [9.17, 15) is 8.78 Å². The van der Waals surface area contributed by atoms with E-state index in [4.69, 9.17) is 0 Å². The number of aromatic nitrogens is 2. The molecule has 0 radical (unpaired) electrons.